The van der Waals surface area contributed by atoms with Crippen molar-refractivity contribution in [3.63, 3.8) is 0 Å². The zero-order valence-electron chi connectivity index (χ0n) is 16.7. The first-order valence-corrected chi connectivity index (χ1v) is 10.2. The molecule has 0 aromatic carbocycles. The van der Waals surface area contributed by atoms with Gasteiger partial charge in [-0.05, 0) is 52.1 Å². The maximum atomic E-state index is 12.4. The summed E-state index contributed by atoms with van der Waals surface area (Å²) in [5, 5.41) is 7.71. The molecule has 5 nitrogen and oxygen atoms in total. The van der Waals surface area contributed by atoms with Crippen LogP contribution in [0, 0.1) is 19.8 Å². The normalized spacial score (nSPS) is 16.7. The second kappa shape index (κ2) is 12.2. The summed E-state index contributed by atoms with van der Waals surface area (Å²) in [6, 6.07) is 0. The summed E-state index contributed by atoms with van der Waals surface area (Å²) < 4.78 is 37.3. The Bertz CT molecular complexity index is 593. The lowest BCUT2D eigenvalue weighted by molar-refractivity contribution is -0.148. The average Bonchev–Trinajstić information content (AvgIpc) is 2.91. The Balaban J connectivity index is 0.00000392. The van der Waals surface area contributed by atoms with Crippen LogP contribution >= 0.6 is 35.3 Å². The number of hydrogen-bond donors (Lipinski definition) is 2. The van der Waals surface area contributed by atoms with E-state index in [0.29, 0.717) is 19.0 Å². The van der Waals surface area contributed by atoms with Gasteiger partial charge in [0.25, 0.3) is 0 Å². The number of aliphatic imine (C=N–C) groups is 1. The second-order valence-corrected chi connectivity index (χ2v) is 8.34. The number of aryl methyl sites for hydroxylation is 2. The van der Waals surface area contributed by atoms with E-state index in [2.05, 4.69) is 27.5 Å². The van der Waals surface area contributed by atoms with Crippen LogP contribution in [-0.2, 0) is 6.42 Å². The van der Waals surface area contributed by atoms with Gasteiger partial charge in [-0.15, -0.1) is 35.3 Å². The molecule has 1 aliphatic rings. The molecule has 0 aliphatic carbocycles. The number of aromatic nitrogens is 1. The van der Waals surface area contributed by atoms with Crippen LogP contribution in [0.3, 0.4) is 0 Å². The number of piperidine rings is 1. The zero-order chi connectivity index (χ0) is 19.9. The van der Waals surface area contributed by atoms with Crippen molar-refractivity contribution in [3.8, 4) is 0 Å². The Kier molecular flexibility index (Phi) is 11.0. The van der Waals surface area contributed by atoms with Crippen molar-refractivity contribution >= 4 is 41.3 Å². The fourth-order valence-electron chi connectivity index (χ4n) is 3.24. The van der Waals surface area contributed by atoms with Crippen LogP contribution in [0.25, 0.3) is 0 Å². The summed E-state index contributed by atoms with van der Waals surface area (Å²) in [6.07, 6.45) is -0.634. The minimum Gasteiger partial charge on any atom is -0.356 e. The lowest BCUT2D eigenvalue weighted by Crippen LogP contribution is -2.42. The van der Waals surface area contributed by atoms with Crippen LogP contribution in [0.15, 0.2) is 4.99 Å². The molecule has 28 heavy (non-hydrogen) atoms. The van der Waals surface area contributed by atoms with Crippen LogP contribution in [0.1, 0.15) is 34.8 Å². The summed E-state index contributed by atoms with van der Waals surface area (Å²) >= 11 is 1.73. The smallest absolute Gasteiger partial charge is 0.356 e. The van der Waals surface area contributed by atoms with Gasteiger partial charge in [0.05, 0.1) is 17.2 Å². The third kappa shape index (κ3) is 9.25. The molecule has 0 unspecified atom stereocenters. The van der Waals surface area contributed by atoms with E-state index in [-0.39, 0.29) is 24.0 Å². The molecule has 0 saturated carbocycles. The number of nitrogens with one attached hydrogen (secondary N) is 2. The van der Waals surface area contributed by atoms with Gasteiger partial charge < -0.3 is 10.6 Å². The summed E-state index contributed by atoms with van der Waals surface area (Å²) in [6.45, 7) is 5.93. The predicted octanol–water partition coefficient (Wildman–Crippen LogP) is 3.75. The van der Waals surface area contributed by atoms with E-state index < -0.39 is 12.7 Å². The average molecular weight is 533 g/mol. The van der Waals surface area contributed by atoms with E-state index in [1.54, 1.807) is 18.4 Å². The first kappa shape index (κ1) is 25.4. The van der Waals surface area contributed by atoms with E-state index in [0.717, 1.165) is 55.4 Å². The molecule has 1 aromatic heterocycles. The zero-order valence-corrected chi connectivity index (χ0v) is 19.9. The van der Waals surface area contributed by atoms with E-state index in [4.69, 9.17) is 0 Å². The summed E-state index contributed by atoms with van der Waals surface area (Å²) in [4.78, 5) is 11.5. The molecule has 0 amide bonds. The lowest BCUT2D eigenvalue weighted by Gasteiger charge is -2.32. The van der Waals surface area contributed by atoms with E-state index in [1.165, 1.54) is 9.78 Å². The highest BCUT2D eigenvalue weighted by Gasteiger charge is 2.32. The van der Waals surface area contributed by atoms with Gasteiger partial charge in [0.2, 0.25) is 0 Å². The summed E-state index contributed by atoms with van der Waals surface area (Å²) in [5.41, 5.74) is 1.10. The molecular weight excluding hydrogens is 502 g/mol. The third-order valence-electron chi connectivity index (χ3n) is 4.88. The minimum absolute atomic E-state index is 0. The highest BCUT2D eigenvalue weighted by molar-refractivity contribution is 14.0. The van der Waals surface area contributed by atoms with Gasteiger partial charge in [0.15, 0.2) is 5.96 Å². The van der Waals surface area contributed by atoms with Gasteiger partial charge in [-0.25, -0.2) is 4.98 Å². The van der Waals surface area contributed by atoms with Crippen molar-refractivity contribution in [2.24, 2.45) is 10.9 Å². The first-order chi connectivity index (χ1) is 12.8. The molecule has 0 bridgehead atoms. The highest BCUT2D eigenvalue weighted by atomic mass is 127. The quantitative estimate of drug-likeness (QED) is 0.319. The van der Waals surface area contributed by atoms with Gasteiger partial charge in [-0.3, -0.25) is 9.89 Å². The maximum absolute atomic E-state index is 12.4. The number of nitrogens with zero attached hydrogens (tertiary/aromatic N) is 3. The van der Waals surface area contributed by atoms with E-state index >= 15 is 0 Å². The van der Waals surface area contributed by atoms with Crippen molar-refractivity contribution in [2.45, 2.75) is 45.7 Å². The Hall–Kier alpha value is -0.620. The Morgan fingerprint density at radius 2 is 1.86 bits per heavy atom. The summed E-state index contributed by atoms with van der Waals surface area (Å²) in [7, 11) is 1.74. The van der Waals surface area contributed by atoms with Crippen molar-refractivity contribution in [1.29, 1.82) is 0 Å². The van der Waals surface area contributed by atoms with Crippen molar-refractivity contribution in [2.75, 3.05) is 39.8 Å². The van der Waals surface area contributed by atoms with E-state index in [1.807, 2.05) is 6.92 Å². The number of likely N-dealkylation sites (tertiary alicyclic amines) is 1. The molecule has 1 saturated heterocycles. The van der Waals surface area contributed by atoms with Gasteiger partial charge in [-0.1, -0.05) is 0 Å². The van der Waals surface area contributed by atoms with Crippen LogP contribution in [-0.4, -0.2) is 61.8 Å². The Labute approximate surface area is 186 Å². The minimum atomic E-state index is -4.09. The molecule has 162 valence electrons. The fraction of sp³-hybridized carbons (Fsp3) is 0.778. The lowest BCUT2D eigenvalue weighted by atomic mass is 9.93. The number of rotatable bonds is 7. The number of halogens is 4. The number of thiazole rings is 1. The van der Waals surface area contributed by atoms with Gasteiger partial charge in [-0.2, -0.15) is 13.2 Å². The molecule has 2 heterocycles. The maximum Gasteiger partial charge on any atom is 0.401 e. The molecule has 0 spiro atoms. The van der Waals surface area contributed by atoms with Crippen molar-refractivity contribution in [1.82, 2.24) is 20.5 Å². The number of alkyl halides is 3. The molecule has 1 fully saturated rings. The molecule has 2 N–H and O–H groups in total. The van der Waals surface area contributed by atoms with Gasteiger partial charge in [0, 0.05) is 31.4 Å². The predicted molar refractivity (Wildman–Crippen MR) is 120 cm³/mol. The fourth-order valence-corrected chi connectivity index (χ4v) is 4.17. The summed E-state index contributed by atoms with van der Waals surface area (Å²) in [5.74, 6) is 1.23. The molecule has 2 rings (SSSR count). The van der Waals surface area contributed by atoms with Crippen molar-refractivity contribution < 1.29 is 13.2 Å². The van der Waals surface area contributed by atoms with Gasteiger partial charge in [0.1, 0.15) is 0 Å². The van der Waals surface area contributed by atoms with Gasteiger partial charge >= 0.3 is 6.18 Å². The second-order valence-electron chi connectivity index (χ2n) is 7.05. The Morgan fingerprint density at radius 3 is 2.39 bits per heavy atom. The topological polar surface area (TPSA) is 52.6 Å². The number of hydrogen-bond acceptors (Lipinski definition) is 4. The highest BCUT2D eigenvalue weighted by Crippen LogP contribution is 2.24. The SMILES string of the molecule is CN=C(NCCc1nc(C)c(C)s1)NCCC1CCN(CC(F)(F)F)CC1.I. The van der Waals surface area contributed by atoms with Crippen molar-refractivity contribution in [3.05, 3.63) is 15.6 Å². The standard InChI is InChI=1S/C18H30F3N5S.HI/c1-13-14(2)27-16(25-13)5-9-24-17(22-3)23-8-4-15-6-10-26(11-7-15)12-18(19,20)21;/h15H,4-12H2,1-3H3,(H2,22,23,24);1H. The number of guanidine groups is 1. The largest absolute Gasteiger partial charge is 0.401 e. The van der Waals surface area contributed by atoms with Crippen LogP contribution in [0.4, 0.5) is 13.2 Å². The Morgan fingerprint density at radius 1 is 1.21 bits per heavy atom. The van der Waals surface area contributed by atoms with Crippen LogP contribution < -0.4 is 10.6 Å². The third-order valence-corrected chi connectivity index (χ3v) is 6.02. The monoisotopic (exact) mass is 533 g/mol. The van der Waals surface area contributed by atoms with Crippen LogP contribution in [0.2, 0.25) is 0 Å². The molecule has 1 aliphatic heterocycles. The van der Waals surface area contributed by atoms with Crippen LogP contribution in [0.5, 0.6) is 0 Å². The molecule has 10 heteroatoms. The first-order valence-electron chi connectivity index (χ1n) is 9.43. The van der Waals surface area contributed by atoms with E-state index in [9.17, 15) is 13.2 Å². The molecule has 0 atom stereocenters. The molecular formula is C18H31F3IN5S. The molecule has 0 radical (unpaired) electrons. The molecule has 1 aromatic rings.